The molecule has 0 atom stereocenters. The predicted molar refractivity (Wildman–Crippen MR) is 129 cm³/mol. The van der Waals surface area contributed by atoms with E-state index >= 15 is 0 Å². The van der Waals surface area contributed by atoms with Gasteiger partial charge in [0.25, 0.3) is 0 Å². The zero-order chi connectivity index (χ0) is 23.8. The molecule has 7 nitrogen and oxygen atoms in total. The first-order valence-electron chi connectivity index (χ1n) is 11.6. The minimum Gasteiger partial charge on any atom is -0.370 e. The van der Waals surface area contributed by atoms with Gasteiger partial charge >= 0.3 is 0 Å². The topological polar surface area (TPSA) is 71.8 Å². The van der Waals surface area contributed by atoms with Crippen LogP contribution < -0.4 is 10.2 Å². The van der Waals surface area contributed by atoms with E-state index in [0.29, 0.717) is 22.7 Å². The number of pyridine rings is 1. The summed E-state index contributed by atoms with van der Waals surface area (Å²) in [6.45, 7) is 7.89. The van der Waals surface area contributed by atoms with Crippen LogP contribution in [0.2, 0.25) is 0 Å². The summed E-state index contributed by atoms with van der Waals surface area (Å²) in [5.41, 5.74) is 2.28. The first-order valence-corrected chi connectivity index (χ1v) is 11.6. The molecule has 9 heteroatoms. The van der Waals surface area contributed by atoms with Gasteiger partial charge in [-0.25, -0.2) is 28.7 Å². The van der Waals surface area contributed by atoms with Crippen LogP contribution in [-0.4, -0.2) is 37.6 Å². The maximum Gasteiger partial charge on any atom is 0.229 e. The summed E-state index contributed by atoms with van der Waals surface area (Å²) in [5.74, 6) is 0.283. The molecular formula is C25H27F2N7. The smallest absolute Gasteiger partial charge is 0.229 e. The van der Waals surface area contributed by atoms with Crippen LogP contribution >= 0.6 is 0 Å². The molecule has 4 heterocycles. The minimum absolute atomic E-state index is 0.0115. The number of hydrogen-bond acceptors (Lipinski definition) is 6. The number of fused-ring (bicyclic) bond motifs is 1. The molecule has 3 aromatic heterocycles. The molecule has 0 aliphatic carbocycles. The van der Waals surface area contributed by atoms with Crippen molar-refractivity contribution in [3.63, 3.8) is 0 Å². The molecule has 5 rings (SSSR count). The zero-order valence-electron chi connectivity index (χ0n) is 19.5. The Morgan fingerprint density at radius 1 is 0.941 bits per heavy atom. The van der Waals surface area contributed by atoms with E-state index in [-0.39, 0.29) is 23.2 Å². The van der Waals surface area contributed by atoms with Gasteiger partial charge in [-0.3, -0.25) is 0 Å². The Balaban J connectivity index is 1.45. The minimum atomic E-state index is -0.634. The number of anilines is 3. The quantitative estimate of drug-likeness (QED) is 0.404. The monoisotopic (exact) mass is 463 g/mol. The van der Waals surface area contributed by atoms with E-state index in [2.05, 4.69) is 30.2 Å². The number of nitrogens with one attached hydrogen (secondary N) is 1. The van der Waals surface area contributed by atoms with Crippen molar-refractivity contribution < 1.29 is 8.78 Å². The molecule has 1 fully saturated rings. The number of halogens is 2. The second kappa shape index (κ2) is 8.96. The third kappa shape index (κ3) is 4.18. The largest absolute Gasteiger partial charge is 0.370 e. The molecule has 0 saturated carbocycles. The molecule has 0 spiro atoms. The highest BCUT2D eigenvalue weighted by Gasteiger charge is 2.18. The van der Waals surface area contributed by atoms with Crippen molar-refractivity contribution in [3.05, 3.63) is 54.1 Å². The maximum absolute atomic E-state index is 14.9. The molecule has 1 aliphatic rings. The van der Waals surface area contributed by atoms with E-state index in [9.17, 15) is 8.78 Å². The van der Waals surface area contributed by atoms with E-state index < -0.39 is 11.6 Å². The lowest BCUT2D eigenvalue weighted by molar-refractivity contribution is 0.577. The highest BCUT2D eigenvalue weighted by molar-refractivity contribution is 5.83. The maximum atomic E-state index is 14.9. The summed E-state index contributed by atoms with van der Waals surface area (Å²) in [6, 6.07) is 6.92. The Bertz CT molecular complexity index is 1330. The first-order chi connectivity index (χ1) is 16.4. The van der Waals surface area contributed by atoms with E-state index in [1.165, 1.54) is 25.3 Å². The Hall–Kier alpha value is -3.62. The Morgan fingerprint density at radius 2 is 1.74 bits per heavy atom. The molecule has 0 bridgehead atoms. The van der Waals surface area contributed by atoms with Gasteiger partial charge in [0, 0.05) is 24.7 Å². The highest BCUT2D eigenvalue weighted by Crippen LogP contribution is 2.30. The second-order valence-corrected chi connectivity index (χ2v) is 8.91. The molecule has 0 radical (unpaired) electrons. The molecule has 1 aromatic carbocycles. The van der Waals surface area contributed by atoms with E-state index in [0.717, 1.165) is 25.0 Å². The van der Waals surface area contributed by atoms with Crippen LogP contribution in [0.25, 0.3) is 22.3 Å². The fraction of sp³-hybridized carbons (Fsp3) is 0.360. The zero-order valence-corrected chi connectivity index (χ0v) is 19.5. The number of piperidine rings is 1. The molecular weight excluding hydrogens is 436 g/mol. The Morgan fingerprint density at radius 3 is 2.44 bits per heavy atom. The van der Waals surface area contributed by atoms with E-state index in [1.807, 2.05) is 43.7 Å². The van der Waals surface area contributed by atoms with Gasteiger partial charge in [0.2, 0.25) is 5.95 Å². The van der Waals surface area contributed by atoms with Crippen LogP contribution in [-0.2, 0) is 0 Å². The van der Waals surface area contributed by atoms with Crippen molar-refractivity contribution in [2.75, 3.05) is 23.3 Å². The molecule has 176 valence electrons. The van der Waals surface area contributed by atoms with Gasteiger partial charge in [0.1, 0.15) is 22.9 Å². The Kier molecular flexibility index (Phi) is 5.85. The summed E-state index contributed by atoms with van der Waals surface area (Å²) in [5, 5.41) is 3.03. The predicted octanol–water partition coefficient (Wildman–Crippen LogP) is 5.79. The molecule has 0 amide bonds. The molecule has 0 unspecified atom stereocenters. The Labute approximate surface area is 196 Å². The lowest BCUT2D eigenvalue weighted by Crippen LogP contribution is -2.29. The number of imidazole rings is 1. The average Bonchev–Trinajstić information content (AvgIpc) is 3.18. The molecule has 4 aromatic rings. The number of nitrogens with zero attached hydrogens (tertiary/aromatic N) is 6. The third-order valence-corrected chi connectivity index (χ3v) is 6.17. The number of benzene rings is 1. The molecule has 1 saturated heterocycles. The second-order valence-electron chi connectivity index (χ2n) is 8.91. The standard InChI is InChI=1S/C25H27F2N7/c1-15(2)34-16(3)30-24-19(26)11-17(12-21(24)34)23-20(27)14-29-25(32-23)31-22-8-7-18(13-28-22)33-9-5-4-6-10-33/h7-8,11-15H,4-6,9-10H2,1-3H3,(H,28,29,31,32). The van der Waals surface area contributed by atoms with Crippen molar-refractivity contribution in [3.8, 4) is 11.3 Å². The fourth-order valence-corrected chi connectivity index (χ4v) is 4.60. The van der Waals surface area contributed by atoms with Gasteiger partial charge in [-0.15, -0.1) is 0 Å². The molecule has 1 N–H and O–H groups in total. The van der Waals surface area contributed by atoms with Crippen LogP contribution in [0.1, 0.15) is 45.0 Å². The normalized spacial score (nSPS) is 14.2. The van der Waals surface area contributed by atoms with Crippen LogP contribution in [0.15, 0.2) is 36.7 Å². The lowest BCUT2D eigenvalue weighted by atomic mass is 10.1. The van der Waals surface area contributed by atoms with Crippen molar-refractivity contribution in [1.82, 2.24) is 24.5 Å². The van der Waals surface area contributed by atoms with Crippen LogP contribution in [0.4, 0.5) is 26.2 Å². The fourth-order valence-electron chi connectivity index (χ4n) is 4.60. The third-order valence-electron chi connectivity index (χ3n) is 6.17. The van der Waals surface area contributed by atoms with Crippen molar-refractivity contribution >= 4 is 28.5 Å². The average molecular weight is 464 g/mol. The number of aromatic nitrogens is 5. The van der Waals surface area contributed by atoms with Crippen molar-refractivity contribution in [2.24, 2.45) is 0 Å². The molecule has 34 heavy (non-hydrogen) atoms. The van der Waals surface area contributed by atoms with Gasteiger partial charge in [-0.2, -0.15) is 0 Å². The first kappa shape index (κ1) is 22.2. The van der Waals surface area contributed by atoms with E-state index in [4.69, 9.17) is 0 Å². The van der Waals surface area contributed by atoms with Gasteiger partial charge in [-0.1, -0.05) is 0 Å². The lowest BCUT2D eigenvalue weighted by Gasteiger charge is -2.28. The van der Waals surface area contributed by atoms with Gasteiger partial charge in [-0.05, 0) is 64.3 Å². The summed E-state index contributed by atoms with van der Waals surface area (Å²) in [4.78, 5) is 19.5. The number of aryl methyl sites for hydroxylation is 1. The van der Waals surface area contributed by atoms with Crippen molar-refractivity contribution in [2.45, 2.75) is 46.1 Å². The number of hydrogen-bond donors (Lipinski definition) is 1. The van der Waals surface area contributed by atoms with Crippen LogP contribution in [0, 0.1) is 18.6 Å². The van der Waals surface area contributed by atoms with Gasteiger partial charge in [0.15, 0.2) is 11.6 Å². The summed E-state index contributed by atoms with van der Waals surface area (Å²) in [7, 11) is 0. The van der Waals surface area contributed by atoms with Gasteiger partial charge in [0.05, 0.1) is 23.6 Å². The van der Waals surface area contributed by atoms with Crippen molar-refractivity contribution in [1.29, 1.82) is 0 Å². The van der Waals surface area contributed by atoms with Crippen LogP contribution in [0.3, 0.4) is 0 Å². The summed E-state index contributed by atoms with van der Waals surface area (Å²) >= 11 is 0. The summed E-state index contributed by atoms with van der Waals surface area (Å²) in [6.07, 6.45) is 6.55. The SMILES string of the molecule is Cc1nc2c(F)cc(-c3nc(Nc4ccc(N5CCCCC5)cn4)ncc3F)cc2n1C(C)C. The van der Waals surface area contributed by atoms with Crippen LogP contribution in [0.5, 0.6) is 0 Å². The summed E-state index contributed by atoms with van der Waals surface area (Å²) < 4.78 is 31.5. The van der Waals surface area contributed by atoms with Gasteiger partial charge < -0.3 is 14.8 Å². The number of rotatable bonds is 5. The molecule has 1 aliphatic heterocycles. The highest BCUT2D eigenvalue weighted by atomic mass is 19.1. The van der Waals surface area contributed by atoms with E-state index in [1.54, 1.807) is 6.07 Å².